The number of carbonyl (C=O) groups is 1. The van der Waals surface area contributed by atoms with Crippen LogP contribution in [0.2, 0.25) is 0 Å². The molecule has 0 radical (unpaired) electrons. The standard InChI is InChI=1S/C12H12F6N2O3/c1-2-22-9(21)4-7-10(11(13,14)15)8(23-12(16,17)18)3-6(5-19)20-7/h3H,2,4-5,19H2,1H3. The number of carbonyl (C=O) groups excluding carboxylic acids is 1. The van der Waals surface area contributed by atoms with Crippen molar-refractivity contribution in [3.05, 3.63) is 23.0 Å². The second-order valence-corrected chi connectivity index (χ2v) is 4.16. The fourth-order valence-electron chi connectivity index (χ4n) is 1.72. The van der Waals surface area contributed by atoms with Crippen LogP contribution in [0.5, 0.6) is 5.75 Å². The monoisotopic (exact) mass is 346 g/mol. The van der Waals surface area contributed by atoms with Gasteiger partial charge < -0.3 is 15.2 Å². The molecule has 1 rings (SSSR count). The summed E-state index contributed by atoms with van der Waals surface area (Å²) in [5, 5.41) is 0. The molecule has 1 aromatic heterocycles. The highest BCUT2D eigenvalue weighted by Crippen LogP contribution is 2.40. The number of aromatic nitrogens is 1. The molecular weight excluding hydrogens is 334 g/mol. The zero-order valence-electron chi connectivity index (χ0n) is 11.7. The van der Waals surface area contributed by atoms with Crippen LogP contribution in [-0.4, -0.2) is 23.9 Å². The fourth-order valence-corrected chi connectivity index (χ4v) is 1.72. The molecule has 11 heteroatoms. The number of rotatable bonds is 5. The molecule has 0 aliphatic rings. The molecule has 0 amide bonds. The van der Waals surface area contributed by atoms with Crippen molar-refractivity contribution in [2.75, 3.05) is 6.61 Å². The van der Waals surface area contributed by atoms with Crippen LogP contribution in [0, 0.1) is 0 Å². The van der Waals surface area contributed by atoms with Crippen LogP contribution < -0.4 is 10.5 Å². The second kappa shape index (κ2) is 7.02. The molecule has 0 unspecified atom stereocenters. The van der Waals surface area contributed by atoms with Crippen molar-refractivity contribution in [2.24, 2.45) is 5.73 Å². The molecule has 0 fully saturated rings. The average molecular weight is 346 g/mol. The van der Waals surface area contributed by atoms with Gasteiger partial charge in [-0.15, -0.1) is 13.2 Å². The van der Waals surface area contributed by atoms with Crippen molar-refractivity contribution < 1.29 is 40.6 Å². The Morgan fingerprint density at radius 1 is 1.26 bits per heavy atom. The topological polar surface area (TPSA) is 74.4 Å². The molecule has 0 aliphatic heterocycles. The summed E-state index contributed by atoms with van der Waals surface area (Å²) in [6.45, 7) is 0.870. The fraction of sp³-hybridized carbons (Fsp3) is 0.500. The van der Waals surface area contributed by atoms with Gasteiger partial charge in [0, 0.05) is 12.6 Å². The summed E-state index contributed by atoms with van der Waals surface area (Å²) < 4.78 is 84.1. The van der Waals surface area contributed by atoms with E-state index in [-0.39, 0.29) is 12.3 Å². The maximum atomic E-state index is 13.1. The van der Waals surface area contributed by atoms with Crippen LogP contribution >= 0.6 is 0 Å². The van der Waals surface area contributed by atoms with E-state index < -0.39 is 48.5 Å². The summed E-state index contributed by atoms with van der Waals surface area (Å²) in [5.74, 6) is -2.59. The first kappa shape index (κ1) is 19.0. The van der Waals surface area contributed by atoms with E-state index >= 15 is 0 Å². The minimum atomic E-state index is -5.35. The van der Waals surface area contributed by atoms with Crippen LogP contribution in [0.15, 0.2) is 6.07 Å². The SMILES string of the molecule is CCOC(=O)Cc1nc(CN)cc(OC(F)(F)F)c1C(F)(F)F. The van der Waals surface area contributed by atoms with E-state index in [9.17, 15) is 31.1 Å². The van der Waals surface area contributed by atoms with Gasteiger partial charge in [0.15, 0.2) is 0 Å². The van der Waals surface area contributed by atoms with E-state index in [4.69, 9.17) is 5.73 Å². The Kier molecular flexibility index (Phi) is 5.81. The summed E-state index contributed by atoms with van der Waals surface area (Å²) in [7, 11) is 0. The number of alkyl halides is 6. The molecule has 0 atom stereocenters. The molecule has 23 heavy (non-hydrogen) atoms. The van der Waals surface area contributed by atoms with Crippen LogP contribution in [0.25, 0.3) is 0 Å². The molecule has 0 saturated heterocycles. The van der Waals surface area contributed by atoms with Crippen LogP contribution in [0.4, 0.5) is 26.3 Å². The van der Waals surface area contributed by atoms with Crippen LogP contribution in [0.1, 0.15) is 23.9 Å². The predicted molar refractivity (Wildman–Crippen MR) is 64.2 cm³/mol. The van der Waals surface area contributed by atoms with Gasteiger partial charge in [-0.3, -0.25) is 9.78 Å². The highest BCUT2D eigenvalue weighted by Gasteiger charge is 2.42. The third-order valence-electron chi connectivity index (χ3n) is 2.45. The van der Waals surface area contributed by atoms with Gasteiger partial charge in [0.25, 0.3) is 0 Å². The van der Waals surface area contributed by atoms with E-state index in [1.54, 1.807) is 0 Å². The van der Waals surface area contributed by atoms with Crippen LogP contribution in [-0.2, 0) is 28.7 Å². The molecule has 0 bridgehead atoms. The summed E-state index contributed by atoms with van der Waals surface area (Å²) in [5.41, 5.74) is 2.17. The maximum Gasteiger partial charge on any atom is 0.573 e. The Morgan fingerprint density at radius 3 is 2.30 bits per heavy atom. The van der Waals surface area contributed by atoms with E-state index in [1.165, 1.54) is 6.92 Å². The molecule has 130 valence electrons. The van der Waals surface area contributed by atoms with Crippen molar-refractivity contribution >= 4 is 5.97 Å². The second-order valence-electron chi connectivity index (χ2n) is 4.16. The van der Waals surface area contributed by atoms with Gasteiger partial charge in [-0.25, -0.2) is 0 Å². The first-order chi connectivity index (χ1) is 10.5. The minimum Gasteiger partial charge on any atom is -0.466 e. The molecular formula is C12H12F6N2O3. The molecule has 2 N–H and O–H groups in total. The molecule has 0 saturated carbocycles. The van der Waals surface area contributed by atoms with E-state index in [0.29, 0.717) is 6.07 Å². The molecule has 5 nitrogen and oxygen atoms in total. The zero-order valence-corrected chi connectivity index (χ0v) is 11.7. The van der Waals surface area contributed by atoms with Gasteiger partial charge in [0.1, 0.15) is 11.3 Å². The Morgan fingerprint density at radius 2 is 1.87 bits per heavy atom. The number of esters is 1. The number of nitrogens with two attached hydrogens (primary N) is 1. The summed E-state index contributed by atoms with van der Waals surface area (Å²) >= 11 is 0. The maximum absolute atomic E-state index is 13.1. The van der Waals surface area contributed by atoms with Crippen molar-refractivity contribution in [2.45, 2.75) is 32.4 Å². The lowest BCUT2D eigenvalue weighted by molar-refractivity contribution is -0.276. The average Bonchev–Trinajstić information content (AvgIpc) is 2.34. The van der Waals surface area contributed by atoms with E-state index in [0.717, 1.165) is 0 Å². The van der Waals surface area contributed by atoms with Gasteiger partial charge in [0.2, 0.25) is 0 Å². The summed E-state index contributed by atoms with van der Waals surface area (Å²) in [6.07, 6.45) is -11.5. The number of halogens is 6. The molecule has 1 aromatic rings. The van der Waals surface area contributed by atoms with Gasteiger partial charge in [-0.05, 0) is 6.92 Å². The largest absolute Gasteiger partial charge is 0.573 e. The minimum absolute atomic E-state index is 0.108. The Hall–Kier alpha value is -2.04. The smallest absolute Gasteiger partial charge is 0.466 e. The number of ether oxygens (including phenoxy) is 2. The zero-order chi connectivity index (χ0) is 17.8. The summed E-state index contributed by atoms with van der Waals surface area (Å²) in [4.78, 5) is 14.8. The molecule has 0 spiro atoms. The third kappa shape index (κ3) is 5.58. The first-order valence-electron chi connectivity index (χ1n) is 6.19. The first-order valence-corrected chi connectivity index (χ1v) is 6.19. The number of hydrogen-bond acceptors (Lipinski definition) is 5. The Balaban J connectivity index is 3.45. The lowest BCUT2D eigenvalue weighted by atomic mass is 10.1. The summed E-state index contributed by atoms with van der Waals surface area (Å²) in [6, 6.07) is 0.435. The van der Waals surface area contributed by atoms with Gasteiger partial charge in [0.05, 0.1) is 24.4 Å². The Labute approximate surface area is 126 Å². The number of hydrogen-bond donors (Lipinski definition) is 1. The van der Waals surface area contributed by atoms with Crippen molar-refractivity contribution in [1.29, 1.82) is 0 Å². The predicted octanol–water partition coefficient (Wildman–Crippen LogP) is 2.56. The van der Waals surface area contributed by atoms with Gasteiger partial charge in [-0.2, -0.15) is 13.2 Å². The van der Waals surface area contributed by atoms with Crippen molar-refractivity contribution in [3.8, 4) is 5.75 Å². The lowest BCUT2D eigenvalue weighted by Gasteiger charge is -2.19. The number of nitrogens with zero attached hydrogens (tertiary/aromatic N) is 1. The Bertz CT molecular complexity index is 571. The number of pyridine rings is 1. The lowest BCUT2D eigenvalue weighted by Crippen LogP contribution is -2.24. The van der Waals surface area contributed by atoms with E-state index in [1.807, 2.05) is 0 Å². The van der Waals surface area contributed by atoms with Crippen molar-refractivity contribution in [3.63, 3.8) is 0 Å². The molecule has 0 aromatic carbocycles. The van der Waals surface area contributed by atoms with Crippen LogP contribution in [0.3, 0.4) is 0 Å². The quantitative estimate of drug-likeness (QED) is 0.655. The molecule has 0 aliphatic carbocycles. The van der Waals surface area contributed by atoms with E-state index in [2.05, 4.69) is 14.5 Å². The van der Waals surface area contributed by atoms with Gasteiger partial charge >= 0.3 is 18.5 Å². The van der Waals surface area contributed by atoms with Crippen molar-refractivity contribution in [1.82, 2.24) is 4.98 Å². The highest BCUT2D eigenvalue weighted by molar-refractivity contribution is 5.73. The highest BCUT2D eigenvalue weighted by atomic mass is 19.4. The molecule has 1 heterocycles. The van der Waals surface area contributed by atoms with Gasteiger partial charge in [-0.1, -0.05) is 0 Å². The third-order valence-corrected chi connectivity index (χ3v) is 2.45. The normalized spacial score (nSPS) is 12.2.